The van der Waals surface area contributed by atoms with Crippen molar-refractivity contribution in [2.45, 2.75) is 12.7 Å². The highest BCUT2D eigenvalue weighted by Crippen LogP contribution is 2.29. The third-order valence-electron chi connectivity index (χ3n) is 4.45. The van der Waals surface area contributed by atoms with Crippen molar-refractivity contribution in [2.75, 3.05) is 26.2 Å². The van der Waals surface area contributed by atoms with Crippen LogP contribution in [0.1, 0.15) is 16.8 Å². The third-order valence-corrected chi connectivity index (χ3v) is 4.45. The van der Waals surface area contributed by atoms with E-state index in [0.29, 0.717) is 18.7 Å². The van der Waals surface area contributed by atoms with Gasteiger partial charge in [0.15, 0.2) is 0 Å². The first kappa shape index (κ1) is 19.1. The van der Waals surface area contributed by atoms with Crippen molar-refractivity contribution in [3.8, 4) is 0 Å². The van der Waals surface area contributed by atoms with Crippen LogP contribution in [-0.4, -0.2) is 46.9 Å². The molecule has 0 bridgehead atoms. The van der Waals surface area contributed by atoms with E-state index < -0.39 is 11.7 Å². The maximum Gasteiger partial charge on any atom is 0.416 e. The van der Waals surface area contributed by atoms with E-state index in [2.05, 4.69) is 9.88 Å². The lowest BCUT2D eigenvalue weighted by molar-refractivity contribution is -0.137. The van der Waals surface area contributed by atoms with Crippen LogP contribution < -0.4 is 0 Å². The summed E-state index contributed by atoms with van der Waals surface area (Å²) in [5.74, 6) is -0.132. The number of piperazine rings is 1. The molecule has 1 aliphatic heterocycles. The fourth-order valence-electron chi connectivity index (χ4n) is 2.90. The van der Waals surface area contributed by atoms with Gasteiger partial charge in [-0.25, -0.2) is 0 Å². The topological polar surface area (TPSA) is 36.4 Å². The molecule has 1 aliphatic rings. The molecule has 0 spiro atoms. The lowest BCUT2D eigenvalue weighted by atomic mass is 10.1. The molecule has 2 aromatic rings. The number of hydrogen-bond donors (Lipinski definition) is 0. The average molecular weight is 375 g/mol. The summed E-state index contributed by atoms with van der Waals surface area (Å²) in [6.45, 7) is 3.50. The Morgan fingerprint density at radius 2 is 1.74 bits per heavy atom. The van der Waals surface area contributed by atoms with Gasteiger partial charge in [0.2, 0.25) is 5.91 Å². The van der Waals surface area contributed by atoms with Gasteiger partial charge >= 0.3 is 6.18 Å². The first-order valence-electron chi connectivity index (χ1n) is 8.68. The summed E-state index contributed by atoms with van der Waals surface area (Å²) < 4.78 is 37.7. The Morgan fingerprint density at radius 3 is 2.33 bits per heavy atom. The minimum atomic E-state index is -4.35. The molecular formula is C20H20F3N3O. The Balaban J connectivity index is 1.50. The van der Waals surface area contributed by atoms with E-state index in [1.54, 1.807) is 17.2 Å². The summed E-state index contributed by atoms with van der Waals surface area (Å²) in [5, 5.41) is 0. The highest BCUT2D eigenvalue weighted by atomic mass is 19.4. The van der Waals surface area contributed by atoms with Gasteiger partial charge in [-0.2, -0.15) is 13.2 Å². The molecule has 7 heteroatoms. The fraction of sp³-hybridized carbons (Fsp3) is 0.300. The first-order chi connectivity index (χ1) is 12.9. The van der Waals surface area contributed by atoms with E-state index in [-0.39, 0.29) is 5.91 Å². The minimum absolute atomic E-state index is 0.132. The van der Waals surface area contributed by atoms with Crippen molar-refractivity contribution in [3.63, 3.8) is 0 Å². The molecule has 1 fully saturated rings. The van der Waals surface area contributed by atoms with E-state index in [1.807, 2.05) is 18.2 Å². The number of aromatic nitrogens is 1. The Hall–Kier alpha value is -2.67. The summed E-state index contributed by atoms with van der Waals surface area (Å²) >= 11 is 0. The van der Waals surface area contributed by atoms with Gasteiger partial charge in [0.25, 0.3) is 0 Å². The van der Waals surface area contributed by atoms with E-state index in [9.17, 15) is 18.0 Å². The number of alkyl halides is 3. The number of carbonyl (C=O) groups is 1. The van der Waals surface area contributed by atoms with Gasteiger partial charge < -0.3 is 4.90 Å². The molecular weight excluding hydrogens is 355 g/mol. The van der Waals surface area contributed by atoms with Crippen LogP contribution in [0, 0.1) is 0 Å². The Kier molecular flexibility index (Phi) is 5.91. The monoisotopic (exact) mass is 375 g/mol. The number of hydrogen-bond acceptors (Lipinski definition) is 3. The number of benzene rings is 1. The summed E-state index contributed by atoms with van der Waals surface area (Å²) in [7, 11) is 0. The number of nitrogens with zero attached hydrogens (tertiary/aromatic N) is 3. The average Bonchev–Trinajstić information content (AvgIpc) is 2.67. The van der Waals surface area contributed by atoms with Crippen LogP contribution >= 0.6 is 0 Å². The van der Waals surface area contributed by atoms with Crippen molar-refractivity contribution in [1.29, 1.82) is 0 Å². The van der Waals surface area contributed by atoms with E-state index in [1.165, 1.54) is 18.2 Å². The quantitative estimate of drug-likeness (QED) is 0.768. The lowest BCUT2D eigenvalue weighted by Crippen LogP contribution is -2.47. The smallest absolute Gasteiger partial charge is 0.337 e. The molecule has 27 heavy (non-hydrogen) atoms. The van der Waals surface area contributed by atoms with Gasteiger partial charge in [-0.05, 0) is 35.9 Å². The Labute approximate surface area is 155 Å². The van der Waals surface area contributed by atoms with E-state index in [4.69, 9.17) is 0 Å². The molecule has 1 aromatic carbocycles. The van der Waals surface area contributed by atoms with Gasteiger partial charge in [-0.15, -0.1) is 0 Å². The first-order valence-corrected chi connectivity index (χ1v) is 8.68. The Morgan fingerprint density at radius 1 is 1.04 bits per heavy atom. The zero-order chi connectivity index (χ0) is 19.3. The summed E-state index contributed by atoms with van der Waals surface area (Å²) in [6, 6.07) is 10.6. The fourth-order valence-corrected chi connectivity index (χ4v) is 2.90. The summed E-state index contributed by atoms with van der Waals surface area (Å²) in [4.78, 5) is 20.6. The molecule has 0 N–H and O–H groups in total. The predicted octanol–water partition coefficient (Wildman–Crippen LogP) is 3.46. The molecule has 0 atom stereocenters. The number of carbonyl (C=O) groups excluding carboxylic acids is 1. The summed E-state index contributed by atoms with van der Waals surface area (Å²) in [6.07, 6.45) is 0.369. The van der Waals surface area contributed by atoms with Crippen molar-refractivity contribution >= 4 is 12.0 Å². The van der Waals surface area contributed by atoms with Gasteiger partial charge in [0.05, 0.1) is 11.3 Å². The van der Waals surface area contributed by atoms with Crippen LogP contribution in [0.5, 0.6) is 0 Å². The number of rotatable bonds is 4. The Bertz CT molecular complexity index is 780. The van der Waals surface area contributed by atoms with Gasteiger partial charge in [-0.3, -0.25) is 14.7 Å². The molecule has 3 rings (SSSR count). The largest absolute Gasteiger partial charge is 0.416 e. The van der Waals surface area contributed by atoms with Gasteiger partial charge in [-0.1, -0.05) is 18.2 Å². The molecule has 2 heterocycles. The number of amides is 1. The van der Waals surface area contributed by atoms with Crippen LogP contribution in [-0.2, 0) is 17.5 Å². The highest BCUT2D eigenvalue weighted by Gasteiger charge is 2.29. The molecule has 0 saturated carbocycles. The second kappa shape index (κ2) is 8.35. The van der Waals surface area contributed by atoms with Crippen LogP contribution in [0.3, 0.4) is 0 Å². The van der Waals surface area contributed by atoms with Crippen molar-refractivity contribution in [3.05, 3.63) is 71.6 Å². The normalized spacial score (nSPS) is 16.0. The van der Waals surface area contributed by atoms with Crippen LogP contribution in [0.15, 0.2) is 54.7 Å². The molecule has 142 valence electrons. The second-order valence-corrected chi connectivity index (χ2v) is 6.38. The molecule has 0 unspecified atom stereocenters. The maximum absolute atomic E-state index is 12.6. The highest BCUT2D eigenvalue weighted by molar-refractivity contribution is 5.91. The maximum atomic E-state index is 12.6. The molecule has 4 nitrogen and oxygen atoms in total. The third kappa shape index (κ3) is 5.40. The minimum Gasteiger partial charge on any atom is -0.337 e. The molecule has 1 amide bonds. The van der Waals surface area contributed by atoms with Gasteiger partial charge in [0, 0.05) is 45.0 Å². The number of pyridine rings is 1. The standard InChI is InChI=1S/C20H20F3N3O/c21-20(22,23)17-7-4-16(5-8-17)6-9-19(27)26-13-11-25(12-14-26)15-18-3-1-2-10-24-18/h1-10H,11-15H2/b9-6+. The molecule has 1 saturated heterocycles. The zero-order valence-electron chi connectivity index (χ0n) is 14.7. The van der Waals surface area contributed by atoms with Crippen molar-refractivity contribution in [2.24, 2.45) is 0 Å². The van der Waals surface area contributed by atoms with Crippen LogP contribution in [0.2, 0.25) is 0 Å². The van der Waals surface area contributed by atoms with Crippen LogP contribution in [0.25, 0.3) is 6.08 Å². The summed E-state index contributed by atoms with van der Waals surface area (Å²) in [5.41, 5.74) is 0.861. The molecule has 0 aliphatic carbocycles. The lowest BCUT2D eigenvalue weighted by Gasteiger charge is -2.34. The van der Waals surface area contributed by atoms with Crippen molar-refractivity contribution < 1.29 is 18.0 Å². The molecule has 0 radical (unpaired) electrons. The van der Waals surface area contributed by atoms with Gasteiger partial charge in [0.1, 0.15) is 0 Å². The molecule has 1 aromatic heterocycles. The predicted molar refractivity (Wildman–Crippen MR) is 96.6 cm³/mol. The second-order valence-electron chi connectivity index (χ2n) is 6.38. The van der Waals surface area contributed by atoms with Crippen molar-refractivity contribution in [1.82, 2.24) is 14.8 Å². The number of halogens is 3. The SMILES string of the molecule is O=C(/C=C/c1ccc(C(F)(F)F)cc1)N1CCN(Cc2ccccn2)CC1. The van der Waals surface area contributed by atoms with E-state index in [0.717, 1.165) is 37.5 Å². The zero-order valence-corrected chi connectivity index (χ0v) is 14.7. The van der Waals surface area contributed by atoms with Crippen LogP contribution in [0.4, 0.5) is 13.2 Å². The van der Waals surface area contributed by atoms with E-state index >= 15 is 0 Å².